The second-order valence-corrected chi connectivity index (χ2v) is 3.33. The topological polar surface area (TPSA) is 77.6 Å². The Hall–Kier alpha value is -1.10. The molecule has 66 valence electrons. The van der Waals surface area contributed by atoms with E-state index in [1.165, 1.54) is 0 Å². The minimum atomic E-state index is -1.05. The molecule has 0 amide bonds. The van der Waals surface area contributed by atoms with Gasteiger partial charge in [0, 0.05) is 13.1 Å². The molecule has 0 radical (unpaired) electrons. The van der Waals surface area contributed by atoms with E-state index in [0.29, 0.717) is 19.5 Å². The number of hydrogen-bond acceptors (Lipinski definition) is 3. The SMILES string of the molecule is O=C(O)C1CCN2CC12C(=O)O. The summed E-state index contributed by atoms with van der Waals surface area (Å²) in [5.41, 5.74) is -1.05. The smallest absolute Gasteiger partial charge is 0.326 e. The van der Waals surface area contributed by atoms with Gasteiger partial charge in [0.2, 0.25) is 0 Å². The molecule has 2 aliphatic heterocycles. The van der Waals surface area contributed by atoms with Crippen molar-refractivity contribution < 1.29 is 19.8 Å². The number of aliphatic carboxylic acids is 2. The van der Waals surface area contributed by atoms with Gasteiger partial charge in [0.05, 0.1) is 5.92 Å². The summed E-state index contributed by atoms with van der Waals surface area (Å²) >= 11 is 0. The van der Waals surface area contributed by atoms with E-state index in [9.17, 15) is 9.59 Å². The number of rotatable bonds is 2. The number of hydrogen-bond donors (Lipinski definition) is 2. The maximum absolute atomic E-state index is 10.8. The summed E-state index contributed by atoms with van der Waals surface area (Å²) in [6.45, 7) is 1.00. The summed E-state index contributed by atoms with van der Waals surface area (Å²) < 4.78 is 0. The van der Waals surface area contributed by atoms with Crippen LogP contribution in [0.15, 0.2) is 0 Å². The molecule has 0 bridgehead atoms. The molecule has 0 saturated carbocycles. The van der Waals surface area contributed by atoms with Crippen LogP contribution in [-0.4, -0.2) is 45.7 Å². The number of piperidine rings is 1. The first-order chi connectivity index (χ1) is 5.59. The van der Waals surface area contributed by atoms with Gasteiger partial charge < -0.3 is 10.2 Å². The van der Waals surface area contributed by atoms with Crippen LogP contribution in [-0.2, 0) is 9.59 Å². The molecule has 0 spiro atoms. The number of carboxylic acids is 2. The van der Waals surface area contributed by atoms with Crippen LogP contribution >= 0.6 is 0 Å². The molecule has 3 atom stereocenters. The Morgan fingerprint density at radius 1 is 1.42 bits per heavy atom. The lowest BCUT2D eigenvalue weighted by atomic mass is 9.92. The molecule has 2 rings (SSSR count). The molecule has 12 heavy (non-hydrogen) atoms. The molecule has 2 aliphatic rings. The normalized spacial score (nSPS) is 43.7. The van der Waals surface area contributed by atoms with Crippen LogP contribution in [0.5, 0.6) is 0 Å². The van der Waals surface area contributed by atoms with Gasteiger partial charge in [-0.05, 0) is 6.42 Å². The molecule has 2 saturated heterocycles. The second kappa shape index (κ2) is 1.98. The van der Waals surface area contributed by atoms with Gasteiger partial charge >= 0.3 is 11.9 Å². The number of nitrogens with zero attached hydrogens (tertiary/aromatic N) is 1. The summed E-state index contributed by atoms with van der Waals surface area (Å²) in [5, 5.41) is 17.6. The van der Waals surface area contributed by atoms with Gasteiger partial charge in [0.25, 0.3) is 0 Å². The van der Waals surface area contributed by atoms with E-state index in [4.69, 9.17) is 10.2 Å². The van der Waals surface area contributed by atoms with Gasteiger partial charge in [0.1, 0.15) is 5.54 Å². The van der Waals surface area contributed by atoms with Gasteiger partial charge in [-0.3, -0.25) is 14.5 Å². The predicted molar refractivity (Wildman–Crippen MR) is 37.7 cm³/mol. The molecule has 0 aromatic heterocycles. The van der Waals surface area contributed by atoms with Crippen LogP contribution in [0.25, 0.3) is 0 Å². The summed E-state index contributed by atoms with van der Waals surface area (Å²) in [6.07, 6.45) is 0.460. The zero-order valence-electron chi connectivity index (χ0n) is 6.36. The Morgan fingerprint density at radius 3 is 2.42 bits per heavy atom. The molecule has 2 N–H and O–H groups in total. The fraction of sp³-hybridized carbons (Fsp3) is 0.714. The Morgan fingerprint density at radius 2 is 2.08 bits per heavy atom. The lowest BCUT2D eigenvalue weighted by Gasteiger charge is -2.11. The molecular weight excluding hydrogens is 162 g/mol. The van der Waals surface area contributed by atoms with Gasteiger partial charge in [0.15, 0.2) is 0 Å². The molecule has 3 unspecified atom stereocenters. The number of fused-ring (bicyclic) bond motifs is 1. The van der Waals surface area contributed by atoms with E-state index in [-0.39, 0.29) is 0 Å². The van der Waals surface area contributed by atoms with Crippen LogP contribution in [0.4, 0.5) is 0 Å². The minimum absolute atomic E-state index is 0.402. The summed E-state index contributed by atoms with van der Waals surface area (Å²) in [6, 6.07) is 0. The zero-order valence-corrected chi connectivity index (χ0v) is 6.36. The largest absolute Gasteiger partial charge is 0.481 e. The highest BCUT2D eigenvalue weighted by atomic mass is 16.4. The van der Waals surface area contributed by atoms with Gasteiger partial charge in [-0.1, -0.05) is 0 Å². The monoisotopic (exact) mass is 171 g/mol. The van der Waals surface area contributed by atoms with Gasteiger partial charge in [-0.15, -0.1) is 0 Å². The van der Waals surface area contributed by atoms with E-state index >= 15 is 0 Å². The van der Waals surface area contributed by atoms with Crippen molar-refractivity contribution in [2.24, 2.45) is 5.92 Å². The molecule has 5 heteroatoms. The van der Waals surface area contributed by atoms with Crippen molar-refractivity contribution in [3.8, 4) is 0 Å². The van der Waals surface area contributed by atoms with Crippen molar-refractivity contribution in [3.05, 3.63) is 0 Å². The highest BCUT2D eigenvalue weighted by Crippen LogP contribution is 2.47. The quantitative estimate of drug-likeness (QED) is 0.533. The zero-order chi connectivity index (χ0) is 8.93. The first-order valence-electron chi connectivity index (χ1n) is 3.80. The van der Waals surface area contributed by atoms with E-state index in [0.717, 1.165) is 0 Å². The van der Waals surface area contributed by atoms with Crippen LogP contribution in [0.3, 0.4) is 0 Å². The fourth-order valence-corrected chi connectivity index (χ4v) is 2.07. The maximum atomic E-state index is 10.8. The lowest BCUT2D eigenvalue weighted by Crippen LogP contribution is -2.37. The molecule has 0 aliphatic carbocycles. The first kappa shape index (κ1) is 7.54. The highest BCUT2D eigenvalue weighted by Gasteiger charge is 2.69. The maximum Gasteiger partial charge on any atom is 0.326 e. The molecule has 0 aromatic carbocycles. The minimum Gasteiger partial charge on any atom is -0.481 e. The standard InChI is InChI=1S/C7H9NO4/c9-5(10)4-1-2-8-3-7(4,8)6(11)12/h4H,1-3H2,(H,9,10)(H,11,12). The van der Waals surface area contributed by atoms with Crippen molar-refractivity contribution >= 4 is 11.9 Å². The second-order valence-electron chi connectivity index (χ2n) is 3.33. The van der Waals surface area contributed by atoms with Crippen LogP contribution in [0.1, 0.15) is 6.42 Å². The van der Waals surface area contributed by atoms with Crippen molar-refractivity contribution in [2.45, 2.75) is 12.0 Å². The third kappa shape index (κ3) is 0.665. The average Bonchev–Trinajstić information content (AvgIpc) is 2.58. The Balaban J connectivity index is 2.27. The van der Waals surface area contributed by atoms with Crippen molar-refractivity contribution in [1.82, 2.24) is 4.90 Å². The molecule has 5 nitrogen and oxygen atoms in total. The summed E-state index contributed by atoms with van der Waals surface area (Å²) in [7, 11) is 0. The van der Waals surface area contributed by atoms with Crippen molar-refractivity contribution in [2.75, 3.05) is 13.1 Å². The number of carbonyl (C=O) groups is 2. The third-order valence-electron chi connectivity index (χ3n) is 2.83. The first-order valence-corrected chi connectivity index (χ1v) is 3.80. The fourth-order valence-electron chi connectivity index (χ4n) is 2.07. The van der Waals surface area contributed by atoms with Crippen molar-refractivity contribution in [3.63, 3.8) is 0 Å². The summed E-state index contributed by atoms with van der Waals surface area (Å²) in [4.78, 5) is 23.1. The molecular formula is C7H9NO4. The molecule has 2 fully saturated rings. The Kier molecular flexibility index (Phi) is 1.24. The third-order valence-corrected chi connectivity index (χ3v) is 2.83. The van der Waals surface area contributed by atoms with Gasteiger partial charge in [-0.2, -0.15) is 0 Å². The van der Waals surface area contributed by atoms with E-state index < -0.39 is 23.4 Å². The molecule has 0 aromatic rings. The average molecular weight is 171 g/mol. The van der Waals surface area contributed by atoms with Crippen LogP contribution in [0, 0.1) is 5.92 Å². The Bertz CT molecular complexity index is 264. The molecule has 2 heterocycles. The van der Waals surface area contributed by atoms with E-state index in [2.05, 4.69) is 0 Å². The van der Waals surface area contributed by atoms with Crippen LogP contribution in [0.2, 0.25) is 0 Å². The van der Waals surface area contributed by atoms with E-state index in [1.807, 2.05) is 0 Å². The van der Waals surface area contributed by atoms with Crippen LogP contribution < -0.4 is 0 Å². The van der Waals surface area contributed by atoms with E-state index in [1.54, 1.807) is 4.90 Å². The summed E-state index contributed by atoms with van der Waals surface area (Å²) in [5.74, 6) is -2.69. The van der Waals surface area contributed by atoms with Crippen molar-refractivity contribution in [1.29, 1.82) is 0 Å². The number of carboxylic acid groups (broad SMARTS) is 2. The predicted octanol–water partition coefficient (Wildman–Crippen LogP) is -0.770. The highest BCUT2D eigenvalue weighted by molar-refractivity contribution is 5.91. The lowest BCUT2D eigenvalue weighted by molar-refractivity contribution is -0.151. The van der Waals surface area contributed by atoms with Gasteiger partial charge in [-0.25, -0.2) is 0 Å². The Labute approximate surface area is 68.6 Å².